The highest BCUT2D eigenvalue weighted by molar-refractivity contribution is 6.01. The normalized spacial score (nSPS) is 17.0. The highest BCUT2D eigenvalue weighted by Gasteiger charge is 2.34. The largest absolute Gasteiger partial charge is 0.507 e. The predicted molar refractivity (Wildman–Crippen MR) is 419 cm³/mol. The number of benzene rings is 5. The van der Waals surface area contributed by atoms with Gasteiger partial charge in [0.1, 0.15) is 23.6 Å². The van der Waals surface area contributed by atoms with Gasteiger partial charge in [-0.2, -0.15) is 5.10 Å². The molecular formula is C83H99N17O8. The van der Waals surface area contributed by atoms with E-state index in [2.05, 4.69) is 88.2 Å². The Kier molecular flexibility index (Phi) is 23.0. The number of fused-ring (bicyclic) bond motifs is 2. The first-order valence-corrected chi connectivity index (χ1v) is 38.8. The van der Waals surface area contributed by atoms with Crippen molar-refractivity contribution in [3.05, 3.63) is 165 Å². The quantitative estimate of drug-likeness (QED) is 0.0180. The first kappa shape index (κ1) is 74.1. The molecule has 25 nitrogen and oxygen atoms in total. The van der Waals surface area contributed by atoms with Crippen LogP contribution in [0.1, 0.15) is 156 Å². The van der Waals surface area contributed by atoms with Crippen molar-refractivity contribution in [1.29, 1.82) is 0 Å². The van der Waals surface area contributed by atoms with E-state index < -0.39 is 23.9 Å². The van der Waals surface area contributed by atoms with Gasteiger partial charge in [0.25, 0.3) is 0 Å². The molecule has 5 aromatic carbocycles. The van der Waals surface area contributed by atoms with E-state index in [4.69, 9.17) is 16.6 Å². The fourth-order valence-electron chi connectivity index (χ4n) is 16.6. The molecule has 0 radical (unpaired) electrons. The second-order valence-electron chi connectivity index (χ2n) is 30.1. The summed E-state index contributed by atoms with van der Waals surface area (Å²) in [5.74, 6) is -0.400. The molecule has 4 aliphatic heterocycles. The molecule has 2 unspecified atom stereocenters. The van der Waals surface area contributed by atoms with Crippen LogP contribution in [0.15, 0.2) is 131 Å². The van der Waals surface area contributed by atoms with Gasteiger partial charge in [-0.25, -0.2) is 9.59 Å². The van der Waals surface area contributed by atoms with Gasteiger partial charge in [-0.15, -0.1) is 20.4 Å². The maximum atomic E-state index is 13.3. The molecule has 108 heavy (non-hydrogen) atoms. The summed E-state index contributed by atoms with van der Waals surface area (Å²) in [6, 6.07) is 34.0. The molecule has 5 aromatic heterocycles. The summed E-state index contributed by atoms with van der Waals surface area (Å²) < 4.78 is 8.34. The van der Waals surface area contributed by atoms with Crippen molar-refractivity contribution in [3.8, 4) is 56.3 Å². The van der Waals surface area contributed by atoms with Crippen LogP contribution < -0.4 is 38.4 Å². The van der Waals surface area contributed by atoms with Gasteiger partial charge in [-0.3, -0.25) is 57.7 Å². The van der Waals surface area contributed by atoms with Crippen molar-refractivity contribution >= 4 is 63.0 Å². The second kappa shape index (κ2) is 33.6. The van der Waals surface area contributed by atoms with E-state index in [1.807, 2.05) is 59.5 Å². The zero-order valence-electron chi connectivity index (χ0n) is 62.0. The molecule has 2 atom stereocenters. The van der Waals surface area contributed by atoms with E-state index >= 15 is 0 Å². The lowest BCUT2D eigenvalue weighted by Gasteiger charge is -2.36. The number of carbonyl (C=O) groups excluding carboxylic acids is 4. The Morgan fingerprint density at radius 3 is 1.79 bits per heavy atom. The molecule has 10 aromatic rings. The van der Waals surface area contributed by atoms with Crippen molar-refractivity contribution in [2.24, 2.45) is 20.0 Å². The number of carbonyl (C=O) groups is 4. The van der Waals surface area contributed by atoms with Crippen LogP contribution in [-0.4, -0.2) is 138 Å². The van der Waals surface area contributed by atoms with Crippen molar-refractivity contribution in [3.63, 3.8) is 0 Å². The van der Waals surface area contributed by atoms with E-state index in [1.165, 1.54) is 72.6 Å². The Morgan fingerprint density at radius 2 is 1.09 bits per heavy atom. The van der Waals surface area contributed by atoms with Gasteiger partial charge in [0.15, 0.2) is 11.6 Å². The number of nitrogens with zero attached hydrogens (tertiary/aromatic N) is 13. The van der Waals surface area contributed by atoms with Crippen LogP contribution >= 0.6 is 0 Å². The average Bonchev–Trinajstić information content (AvgIpc) is 1.60. The first-order chi connectivity index (χ1) is 52.5. The third-order valence-corrected chi connectivity index (χ3v) is 22.7. The Morgan fingerprint density at radius 1 is 0.491 bits per heavy atom. The monoisotopic (exact) mass is 1460 g/mol. The number of aromatic nitrogens is 10. The number of phenols is 2. The lowest BCUT2D eigenvalue weighted by molar-refractivity contribution is -0.137. The van der Waals surface area contributed by atoms with Crippen molar-refractivity contribution in [2.75, 3.05) is 62.2 Å². The van der Waals surface area contributed by atoms with Gasteiger partial charge in [-0.1, -0.05) is 118 Å². The van der Waals surface area contributed by atoms with Crippen LogP contribution in [-0.2, 0) is 65.6 Å². The molecule has 4 aliphatic rings. The maximum Gasteiger partial charge on any atom is 0.329 e. The lowest BCUT2D eigenvalue weighted by Crippen LogP contribution is -2.46. The molecule has 4 amide bonds. The number of nitrogen functional groups attached to an aromatic ring is 2. The number of likely N-dealkylation sites (tertiary alicyclic amines) is 1. The van der Waals surface area contributed by atoms with E-state index in [-0.39, 0.29) is 53.4 Å². The number of aryl methyl sites for hydroxylation is 5. The van der Waals surface area contributed by atoms with Crippen LogP contribution in [0, 0.1) is 5.92 Å². The number of phenolic OH excluding ortho intramolecular Hbond substituents is 2. The molecule has 4 fully saturated rings. The zero-order chi connectivity index (χ0) is 75.0. The van der Waals surface area contributed by atoms with Crippen molar-refractivity contribution in [2.45, 2.75) is 166 Å². The standard InChI is InChI=1S/C83H99N17O8/c1-93-71-46-55(28-31-67(71)99(82(93)107)69-32-34-74(102)87-80(69)105)20-13-9-6-5-8-12-19-54-21-16-22-57(45-54)51-96-41-43-97(44-42-96)72-49-66(90-92-79(72)85)62-30-29-59(47-73(62)101)61-25-18-26-63(77(61)104)65-48-64(78(84)91-89-65)60-50-86-98(53-60)52-56-36-39-95(40-37-56)38-15-11-7-3-4-10-14-23-58-24-17-27-68-76(58)94(2)83(108)100(68)70-33-35-75(103)88-81(70)106/h16-18,21-22,24-31,45-50,53,56,69-70,101,104H,3-15,19-20,23,32-44,51-52H2,1-2H3,(H2,84,91)(H2,85,92)(H,87,102,105)(H,88,103,106). The first-order valence-electron chi connectivity index (χ1n) is 38.8. The van der Waals surface area contributed by atoms with Gasteiger partial charge in [-0.05, 0) is 173 Å². The van der Waals surface area contributed by atoms with Crippen LogP contribution in [0.2, 0.25) is 0 Å². The van der Waals surface area contributed by atoms with E-state index in [1.54, 1.807) is 52.1 Å². The van der Waals surface area contributed by atoms with Gasteiger partial charge >= 0.3 is 11.4 Å². The molecule has 564 valence electrons. The lowest BCUT2D eigenvalue weighted by atomic mass is 9.96. The third kappa shape index (κ3) is 16.7. The zero-order valence-corrected chi connectivity index (χ0v) is 62.0. The number of hydrogen-bond donors (Lipinski definition) is 6. The molecule has 0 aliphatic carbocycles. The van der Waals surface area contributed by atoms with Gasteiger partial charge in [0.05, 0.1) is 45.3 Å². The maximum absolute atomic E-state index is 13.3. The summed E-state index contributed by atoms with van der Waals surface area (Å²) in [5, 5.41) is 50.6. The molecule has 0 saturated carbocycles. The number of aromatic hydroxyl groups is 2. The fraction of sp³-hybridized carbons (Fsp3) is 0.434. The molecular weight excluding hydrogens is 1360 g/mol. The number of nitrogens with one attached hydrogen (secondary N) is 2. The Bertz CT molecular complexity index is 5070. The number of hydrogen-bond acceptors (Lipinski definition) is 18. The molecule has 8 N–H and O–H groups in total. The van der Waals surface area contributed by atoms with Crippen LogP contribution in [0.25, 0.3) is 66.8 Å². The minimum absolute atomic E-state index is 0.0211. The number of imidazole rings is 2. The summed E-state index contributed by atoms with van der Waals surface area (Å²) in [4.78, 5) is 82.7. The summed E-state index contributed by atoms with van der Waals surface area (Å²) in [6.07, 6.45) is 24.9. The van der Waals surface area contributed by atoms with Crippen LogP contribution in [0.3, 0.4) is 0 Å². The topological polar surface area (TPSA) is 318 Å². The highest BCUT2D eigenvalue weighted by atomic mass is 16.3. The molecule has 4 saturated heterocycles. The van der Waals surface area contributed by atoms with Gasteiger partial charge in [0, 0.05) is 100 Å². The number of piperidine rings is 3. The summed E-state index contributed by atoms with van der Waals surface area (Å²) >= 11 is 0. The van der Waals surface area contributed by atoms with E-state index in [9.17, 15) is 39.0 Å². The number of rotatable bonds is 30. The van der Waals surface area contributed by atoms with Gasteiger partial charge in [0.2, 0.25) is 23.6 Å². The number of anilines is 3. The fourth-order valence-corrected chi connectivity index (χ4v) is 16.6. The molecule has 0 bridgehead atoms. The smallest absolute Gasteiger partial charge is 0.329 e. The SMILES string of the molecule is Cn1c(=O)n(C2CCC(=O)NC2=O)c2ccc(CCCCCCCCc3cccc(CN4CCN(c5cc(-c6ccc(-c7cccc(-c8cc(-c9cnn(CC%10CCN(CCCCCCCCCc%11cccc%12c%11n(C)c(=O)n%12C%11CCC(=O)NC%11=O)CC%10)c9)c(N)nn8)c7O)cc6O)nnc5N)CC4)c3)cc21. The number of piperazine rings is 1. The summed E-state index contributed by atoms with van der Waals surface area (Å²) in [7, 11) is 3.50. The number of imide groups is 2. The second-order valence-corrected chi connectivity index (χ2v) is 30.1. The minimum Gasteiger partial charge on any atom is -0.507 e. The number of para-hydroxylation sites is 2. The minimum atomic E-state index is -0.684. The molecule has 9 heterocycles. The Balaban J connectivity index is 0.495. The molecule has 25 heteroatoms. The van der Waals surface area contributed by atoms with E-state index in [0.29, 0.717) is 69.3 Å². The number of unbranched alkanes of at least 4 members (excludes halogenated alkanes) is 11. The Hall–Kier alpha value is -10.8. The van der Waals surface area contributed by atoms with Crippen molar-refractivity contribution in [1.82, 2.24) is 68.9 Å². The third-order valence-electron chi connectivity index (χ3n) is 22.7. The predicted octanol–water partition coefficient (Wildman–Crippen LogP) is 11.1. The van der Waals surface area contributed by atoms with Gasteiger partial charge < -0.3 is 31.5 Å². The van der Waals surface area contributed by atoms with Crippen LogP contribution in [0.5, 0.6) is 11.5 Å². The summed E-state index contributed by atoms with van der Waals surface area (Å²) in [6.45, 7) is 8.07. The van der Waals surface area contributed by atoms with Crippen molar-refractivity contribution < 1.29 is 29.4 Å². The highest BCUT2D eigenvalue weighted by Crippen LogP contribution is 2.42. The average molecular weight is 1460 g/mol. The summed E-state index contributed by atoms with van der Waals surface area (Å²) in [5.41, 5.74) is 25.8. The molecule has 14 rings (SSSR count). The van der Waals surface area contributed by atoms with Crippen LogP contribution in [0.4, 0.5) is 17.3 Å². The van der Waals surface area contributed by atoms with E-state index in [0.717, 1.165) is 156 Å². The molecule has 0 spiro atoms. The Labute approximate surface area is 628 Å². The number of amides is 4. The number of nitrogens with two attached hydrogens (primary N) is 2.